The maximum absolute atomic E-state index is 15.8. The van der Waals surface area contributed by atoms with Gasteiger partial charge in [-0.3, -0.25) is 34.6 Å². The van der Waals surface area contributed by atoms with Crippen LogP contribution in [0.5, 0.6) is 5.75 Å². The Morgan fingerprint density at radius 2 is 1.74 bits per heavy atom. The SMILES string of the molecule is COc1cc(-c2cn(C)c(=O)c3[nH]ncc23)cc(F)c1CN1CCc2cc(CN3CCC(c4ccc(NC5CCC(=O)NC5=O)cc4)CC3)ccc2C1. The van der Waals surface area contributed by atoms with Gasteiger partial charge in [-0.25, -0.2) is 4.39 Å². The number of methoxy groups -OCH3 is 1. The quantitative estimate of drug-likeness (QED) is 0.177. The van der Waals surface area contributed by atoms with E-state index >= 15 is 4.39 Å². The van der Waals surface area contributed by atoms with E-state index in [-0.39, 0.29) is 29.2 Å². The van der Waals surface area contributed by atoms with Crippen LogP contribution < -0.4 is 20.9 Å². The zero-order chi connectivity index (χ0) is 36.6. The number of ether oxygens (including phenoxy) is 1. The van der Waals surface area contributed by atoms with Crippen LogP contribution in [-0.2, 0) is 42.7 Å². The number of pyridine rings is 1. The summed E-state index contributed by atoms with van der Waals surface area (Å²) >= 11 is 0. The van der Waals surface area contributed by atoms with Gasteiger partial charge in [0, 0.05) is 68.0 Å². The Morgan fingerprint density at radius 3 is 2.51 bits per heavy atom. The van der Waals surface area contributed by atoms with E-state index in [0.29, 0.717) is 58.6 Å². The van der Waals surface area contributed by atoms with Crippen molar-refractivity contribution in [2.24, 2.45) is 7.05 Å². The Morgan fingerprint density at radius 1 is 0.925 bits per heavy atom. The van der Waals surface area contributed by atoms with Crippen molar-refractivity contribution in [3.63, 3.8) is 0 Å². The first-order valence-electron chi connectivity index (χ1n) is 18.4. The number of anilines is 1. The first-order chi connectivity index (χ1) is 25.7. The van der Waals surface area contributed by atoms with E-state index in [1.165, 1.54) is 32.9 Å². The van der Waals surface area contributed by atoms with Crippen LogP contribution in [0.25, 0.3) is 22.0 Å². The molecule has 0 saturated carbocycles. The van der Waals surface area contributed by atoms with Crippen molar-refractivity contribution in [1.82, 2.24) is 29.9 Å². The number of piperidine rings is 2. The van der Waals surface area contributed by atoms with Gasteiger partial charge in [0.05, 0.1) is 13.3 Å². The first kappa shape index (κ1) is 34.7. The van der Waals surface area contributed by atoms with Crippen LogP contribution in [0.3, 0.4) is 0 Å². The Balaban J connectivity index is 0.862. The summed E-state index contributed by atoms with van der Waals surface area (Å²) in [6, 6.07) is 18.2. The van der Waals surface area contributed by atoms with Crippen molar-refractivity contribution in [3.05, 3.63) is 111 Å². The van der Waals surface area contributed by atoms with Gasteiger partial charge in [0.2, 0.25) is 11.8 Å². The minimum atomic E-state index is -0.377. The zero-order valence-corrected chi connectivity index (χ0v) is 30.1. The Kier molecular flexibility index (Phi) is 9.57. The number of hydrogen-bond donors (Lipinski definition) is 3. The summed E-state index contributed by atoms with van der Waals surface area (Å²) in [6.45, 7) is 4.99. The Bertz CT molecular complexity index is 2240. The standard InChI is InChI=1S/C41H44FN7O4/c1-47-23-33(32-20-43-46-39(32)41(47)52)30-18-35(42)34(37(19-30)53-2)24-49-16-13-28-17-25(3-4-29(28)22-49)21-48-14-11-27(12-15-48)26-5-7-31(8-6-26)44-36-9-10-38(50)45-40(36)51/h3-8,17-20,23,27,36,44H,9-16,21-22,24H2,1-2H3,(H,43,46)(H,45,50,51). The fraction of sp³-hybridized carbons (Fsp3) is 0.366. The smallest absolute Gasteiger partial charge is 0.276 e. The lowest BCUT2D eigenvalue weighted by Crippen LogP contribution is -2.47. The number of amides is 2. The van der Waals surface area contributed by atoms with Gasteiger partial charge in [0.15, 0.2) is 0 Å². The summed E-state index contributed by atoms with van der Waals surface area (Å²) in [6.07, 6.45) is 7.27. The zero-order valence-electron chi connectivity index (χ0n) is 30.1. The molecule has 3 aromatic carbocycles. The molecule has 8 rings (SSSR count). The lowest BCUT2D eigenvalue weighted by Gasteiger charge is -2.33. The van der Waals surface area contributed by atoms with E-state index in [1.807, 2.05) is 18.2 Å². The molecule has 12 heteroatoms. The molecule has 11 nitrogen and oxygen atoms in total. The molecule has 0 spiro atoms. The number of benzene rings is 3. The second-order valence-corrected chi connectivity index (χ2v) is 14.6. The van der Waals surface area contributed by atoms with Crippen LogP contribution in [-0.4, -0.2) is 69.2 Å². The van der Waals surface area contributed by atoms with Crippen LogP contribution in [0, 0.1) is 5.82 Å². The van der Waals surface area contributed by atoms with Gasteiger partial charge >= 0.3 is 0 Å². The molecule has 3 aliphatic rings. The molecular weight excluding hydrogens is 673 g/mol. The molecule has 2 aromatic heterocycles. The highest BCUT2D eigenvalue weighted by Crippen LogP contribution is 2.35. The van der Waals surface area contributed by atoms with E-state index in [9.17, 15) is 14.4 Å². The fourth-order valence-corrected chi connectivity index (χ4v) is 8.17. The molecule has 274 valence electrons. The van der Waals surface area contributed by atoms with Gasteiger partial charge in [-0.1, -0.05) is 30.3 Å². The number of carbonyl (C=O) groups is 2. The second kappa shape index (κ2) is 14.6. The maximum Gasteiger partial charge on any atom is 0.276 e. The number of aryl methyl sites for hydroxylation is 1. The normalized spacial score (nSPS) is 18.6. The van der Waals surface area contributed by atoms with E-state index < -0.39 is 0 Å². The number of carbonyl (C=O) groups excluding carboxylic acids is 2. The van der Waals surface area contributed by atoms with E-state index in [2.05, 4.69) is 61.0 Å². The predicted octanol–water partition coefficient (Wildman–Crippen LogP) is 5.23. The van der Waals surface area contributed by atoms with Crippen LogP contribution in [0.1, 0.15) is 59.4 Å². The summed E-state index contributed by atoms with van der Waals surface area (Å²) in [7, 11) is 3.23. The molecular formula is C41H44FN7O4. The molecule has 3 N–H and O–H groups in total. The van der Waals surface area contributed by atoms with Crippen molar-refractivity contribution >= 4 is 28.4 Å². The van der Waals surface area contributed by atoms with Gasteiger partial charge in [0.1, 0.15) is 23.1 Å². The van der Waals surface area contributed by atoms with E-state index in [1.54, 1.807) is 26.6 Å². The monoisotopic (exact) mass is 717 g/mol. The largest absolute Gasteiger partial charge is 0.496 e. The highest BCUT2D eigenvalue weighted by Gasteiger charge is 2.27. The number of likely N-dealkylation sites (tertiary alicyclic amines) is 1. The average Bonchev–Trinajstić information content (AvgIpc) is 3.66. The molecule has 3 aliphatic heterocycles. The molecule has 5 heterocycles. The number of aromatic amines is 1. The summed E-state index contributed by atoms with van der Waals surface area (Å²) in [4.78, 5) is 40.9. The first-order valence-corrected chi connectivity index (χ1v) is 18.4. The van der Waals surface area contributed by atoms with Gasteiger partial charge in [0.25, 0.3) is 5.56 Å². The predicted molar refractivity (Wildman–Crippen MR) is 201 cm³/mol. The van der Waals surface area contributed by atoms with Crippen molar-refractivity contribution < 1.29 is 18.7 Å². The topological polar surface area (TPSA) is 125 Å². The molecule has 53 heavy (non-hydrogen) atoms. The summed E-state index contributed by atoms with van der Waals surface area (Å²) < 4.78 is 23.0. The molecule has 2 saturated heterocycles. The molecule has 2 fully saturated rings. The van der Waals surface area contributed by atoms with E-state index in [0.717, 1.165) is 57.7 Å². The van der Waals surface area contributed by atoms with Crippen LogP contribution in [0.2, 0.25) is 0 Å². The van der Waals surface area contributed by atoms with Crippen LogP contribution >= 0.6 is 0 Å². The van der Waals surface area contributed by atoms with Crippen molar-refractivity contribution in [1.29, 1.82) is 0 Å². The Labute approximate surface area is 307 Å². The van der Waals surface area contributed by atoms with Crippen LogP contribution in [0.15, 0.2) is 71.8 Å². The minimum absolute atomic E-state index is 0.188. The summed E-state index contributed by atoms with van der Waals surface area (Å²) in [5, 5.41) is 13.1. The number of rotatable bonds is 9. The lowest BCUT2D eigenvalue weighted by molar-refractivity contribution is -0.133. The van der Waals surface area contributed by atoms with Crippen molar-refractivity contribution in [2.75, 3.05) is 32.1 Å². The molecule has 0 aliphatic carbocycles. The van der Waals surface area contributed by atoms with Crippen LogP contribution in [0.4, 0.5) is 10.1 Å². The molecule has 1 unspecified atom stereocenters. The third kappa shape index (κ3) is 7.21. The number of aromatic nitrogens is 3. The molecule has 5 aromatic rings. The van der Waals surface area contributed by atoms with Gasteiger partial charge < -0.3 is 14.6 Å². The summed E-state index contributed by atoms with van der Waals surface area (Å²) in [5.41, 5.74) is 8.24. The van der Waals surface area contributed by atoms with Gasteiger partial charge in [-0.15, -0.1) is 0 Å². The second-order valence-electron chi connectivity index (χ2n) is 14.6. The third-order valence-electron chi connectivity index (χ3n) is 11.2. The highest BCUT2D eigenvalue weighted by molar-refractivity contribution is 6.01. The molecule has 1 atom stereocenters. The number of nitrogens with one attached hydrogen (secondary N) is 3. The number of halogens is 1. The minimum Gasteiger partial charge on any atom is -0.496 e. The van der Waals surface area contributed by atoms with Gasteiger partial charge in [-0.2, -0.15) is 5.10 Å². The number of fused-ring (bicyclic) bond motifs is 2. The number of imide groups is 1. The Hall–Kier alpha value is -5.33. The van der Waals surface area contributed by atoms with Crippen molar-refractivity contribution in [3.8, 4) is 16.9 Å². The number of hydrogen-bond acceptors (Lipinski definition) is 8. The molecule has 0 radical (unpaired) electrons. The van der Waals surface area contributed by atoms with E-state index in [4.69, 9.17) is 4.74 Å². The third-order valence-corrected chi connectivity index (χ3v) is 11.2. The maximum atomic E-state index is 15.8. The summed E-state index contributed by atoms with van der Waals surface area (Å²) in [5.74, 6) is 0.184. The van der Waals surface area contributed by atoms with Gasteiger partial charge in [-0.05, 0) is 96.8 Å². The number of nitrogens with zero attached hydrogens (tertiary/aromatic N) is 4. The van der Waals surface area contributed by atoms with Crippen molar-refractivity contribution in [2.45, 2.75) is 63.7 Å². The number of H-pyrrole nitrogens is 1. The lowest BCUT2D eigenvalue weighted by atomic mass is 9.89. The fourth-order valence-electron chi connectivity index (χ4n) is 8.17. The average molecular weight is 718 g/mol. The highest BCUT2D eigenvalue weighted by atomic mass is 19.1. The molecule has 0 bridgehead atoms. The molecule has 2 amide bonds.